The molecule has 1 heterocycles. The van der Waals surface area contributed by atoms with E-state index in [4.69, 9.17) is 25.5 Å². The first-order valence-corrected chi connectivity index (χ1v) is 10.5. The summed E-state index contributed by atoms with van der Waals surface area (Å²) in [6.45, 7) is 0. The smallest absolute Gasteiger partial charge is 0.293 e. The fraction of sp³-hybridized carbons (Fsp3) is 0.120. The number of ether oxygens (including phenoxy) is 2. The van der Waals surface area contributed by atoms with E-state index in [1.54, 1.807) is 60.7 Å². The van der Waals surface area contributed by atoms with Gasteiger partial charge in [0.15, 0.2) is 11.5 Å². The number of anilines is 2. The van der Waals surface area contributed by atoms with Gasteiger partial charge in [-0.3, -0.25) is 9.59 Å². The van der Waals surface area contributed by atoms with Crippen LogP contribution in [0.1, 0.15) is 16.1 Å². The number of furan rings is 1. The van der Waals surface area contributed by atoms with E-state index in [0.29, 0.717) is 38.9 Å². The van der Waals surface area contributed by atoms with Crippen LogP contribution in [-0.2, 0) is 11.2 Å². The molecule has 0 spiro atoms. The van der Waals surface area contributed by atoms with Crippen molar-refractivity contribution in [2.24, 2.45) is 0 Å². The van der Waals surface area contributed by atoms with Gasteiger partial charge in [-0.1, -0.05) is 35.9 Å². The Morgan fingerprint density at radius 1 is 0.909 bits per heavy atom. The van der Waals surface area contributed by atoms with Gasteiger partial charge in [0.05, 0.1) is 20.6 Å². The van der Waals surface area contributed by atoms with Crippen LogP contribution in [0.25, 0.3) is 11.0 Å². The Kier molecular flexibility index (Phi) is 6.51. The second-order valence-corrected chi connectivity index (χ2v) is 7.61. The summed E-state index contributed by atoms with van der Waals surface area (Å²) in [6, 6.07) is 19.1. The average Bonchev–Trinajstić information content (AvgIpc) is 3.19. The molecule has 0 aliphatic heterocycles. The Morgan fingerprint density at radius 2 is 1.64 bits per heavy atom. The predicted molar refractivity (Wildman–Crippen MR) is 127 cm³/mol. The summed E-state index contributed by atoms with van der Waals surface area (Å²) in [5.74, 6) is 0.200. The van der Waals surface area contributed by atoms with Crippen molar-refractivity contribution >= 4 is 45.8 Å². The molecule has 0 aliphatic rings. The van der Waals surface area contributed by atoms with Crippen molar-refractivity contribution in [1.29, 1.82) is 0 Å². The largest absolute Gasteiger partial charge is 0.493 e. The molecule has 3 aromatic carbocycles. The van der Waals surface area contributed by atoms with Gasteiger partial charge in [-0.2, -0.15) is 0 Å². The Hall–Kier alpha value is -3.97. The van der Waals surface area contributed by atoms with Crippen molar-refractivity contribution < 1.29 is 23.5 Å². The fourth-order valence-electron chi connectivity index (χ4n) is 3.40. The molecule has 2 N–H and O–H groups in total. The van der Waals surface area contributed by atoms with E-state index < -0.39 is 5.91 Å². The zero-order valence-electron chi connectivity index (χ0n) is 18.0. The lowest BCUT2D eigenvalue weighted by molar-refractivity contribution is -0.115. The Bertz CT molecular complexity index is 1310. The first-order valence-electron chi connectivity index (χ1n) is 10.1. The Balaban J connectivity index is 1.61. The number of carbonyl (C=O) groups excluding carboxylic acids is 2. The highest BCUT2D eigenvalue weighted by molar-refractivity contribution is 6.30. The summed E-state index contributed by atoms with van der Waals surface area (Å²) in [7, 11) is 3.04. The number of fused-ring (bicyclic) bond motifs is 1. The first-order chi connectivity index (χ1) is 16.0. The molecule has 0 fully saturated rings. The number of methoxy groups -OCH3 is 2. The van der Waals surface area contributed by atoms with Crippen LogP contribution in [0.2, 0.25) is 5.02 Å². The second kappa shape index (κ2) is 9.67. The molecule has 0 unspecified atom stereocenters. The van der Waals surface area contributed by atoms with Crippen molar-refractivity contribution in [2.45, 2.75) is 6.42 Å². The van der Waals surface area contributed by atoms with Crippen LogP contribution in [0.15, 0.2) is 71.1 Å². The number of carbonyl (C=O) groups is 2. The number of rotatable bonds is 7. The Morgan fingerprint density at radius 3 is 2.36 bits per heavy atom. The molecule has 4 aromatic rings. The maximum Gasteiger partial charge on any atom is 0.293 e. The maximum atomic E-state index is 13.1. The minimum absolute atomic E-state index is 0.00422. The van der Waals surface area contributed by atoms with Crippen molar-refractivity contribution in [3.8, 4) is 11.5 Å². The van der Waals surface area contributed by atoms with Gasteiger partial charge in [0.25, 0.3) is 5.91 Å². The van der Waals surface area contributed by atoms with Crippen molar-refractivity contribution in [1.82, 2.24) is 0 Å². The molecule has 7 nitrogen and oxygen atoms in total. The number of nitrogens with one attached hydrogen (secondary N) is 2. The van der Waals surface area contributed by atoms with Crippen LogP contribution in [0.4, 0.5) is 11.4 Å². The van der Waals surface area contributed by atoms with E-state index >= 15 is 0 Å². The molecule has 33 heavy (non-hydrogen) atoms. The standard InChI is InChI=1S/C25H21ClN2O5/c1-31-20-12-11-17(14-21(20)32-2)27-25(30)24-23(18-5-3-4-6-19(18)33-24)28-22(29)13-15-7-9-16(26)10-8-15/h3-12,14H,13H2,1-2H3,(H,27,30)(H,28,29). The molecule has 168 valence electrons. The maximum absolute atomic E-state index is 13.1. The molecule has 0 saturated carbocycles. The Labute approximate surface area is 195 Å². The SMILES string of the molecule is COc1ccc(NC(=O)c2oc3ccccc3c2NC(=O)Cc2ccc(Cl)cc2)cc1OC. The summed E-state index contributed by atoms with van der Waals surface area (Å²) in [5, 5.41) is 6.83. The third kappa shape index (κ3) is 4.94. The van der Waals surface area contributed by atoms with Gasteiger partial charge in [-0.05, 0) is 42.0 Å². The normalized spacial score (nSPS) is 10.6. The van der Waals surface area contributed by atoms with Crippen LogP contribution >= 0.6 is 11.6 Å². The van der Waals surface area contributed by atoms with Crippen LogP contribution in [0, 0.1) is 0 Å². The number of para-hydroxylation sites is 1. The van der Waals surface area contributed by atoms with Gasteiger partial charge in [0.2, 0.25) is 11.7 Å². The van der Waals surface area contributed by atoms with E-state index in [1.807, 2.05) is 6.07 Å². The minimum atomic E-state index is -0.514. The van der Waals surface area contributed by atoms with Crippen LogP contribution < -0.4 is 20.1 Å². The van der Waals surface area contributed by atoms with E-state index in [-0.39, 0.29) is 18.1 Å². The fourth-order valence-corrected chi connectivity index (χ4v) is 3.53. The summed E-state index contributed by atoms with van der Waals surface area (Å²) < 4.78 is 16.3. The summed E-state index contributed by atoms with van der Waals surface area (Å²) >= 11 is 5.91. The molecule has 0 radical (unpaired) electrons. The van der Waals surface area contributed by atoms with Crippen LogP contribution in [0.3, 0.4) is 0 Å². The van der Waals surface area contributed by atoms with Crippen LogP contribution in [-0.4, -0.2) is 26.0 Å². The summed E-state index contributed by atoms with van der Waals surface area (Å²) in [5.41, 5.74) is 2.07. The average molecular weight is 465 g/mol. The molecule has 4 rings (SSSR count). The van der Waals surface area contributed by atoms with Crippen molar-refractivity contribution in [3.05, 3.63) is 83.1 Å². The van der Waals surface area contributed by atoms with Gasteiger partial charge in [-0.25, -0.2) is 0 Å². The highest BCUT2D eigenvalue weighted by atomic mass is 35.5. The molecule has 0 bridgehead atoms. The molecule has 1 aromatic heterocycles. The van der Waals surface area contributed by atoms with Gasteiger partial charge in [0.1, 0.15) is 11.3 Å². The summed E-state index contributed by atoms with van der Waals surface area (Å²) in [4.78, 5) is 25.8. The quantitative estimate of drug-likeness (QED) is 0.375. The third-order valence-electron chi connectivity index (χ3n) is 4.99. The van der Waals surface area contributed by atoms with E-state index in [9.17, 15) is 9.59 Å². The number of hydrogen-bond donors (Lipinski definition) is 2. The van der Waals surface area contributed by atoms with Crippen LogP contribution in [0.5, 0.6) is 11.5 Å². The zero-order valence-corrected chi connectivity index (χ0v) is 18.7. The zero-order chi connectivity index (χ0) is 23.4. The van der Waals surface area contributed by atoms with E-state index in [2.05, 4.69) is 10.6 Å². The highest BCUT2D eigenvalue weighted by Crippen LogP contribution is 2.33. The number of hydrogen-bond acceptors (Lipinski definition) is 5. The molecular formula is C25H21ClN2O5. The van der Waals surface area contributed by atoms with Gasteiger partial charge in [-0.15, -0.1) is 0 Å². The molecular weight excluding hydrogens is 444 g/mol. The minimum Gasteiger partial charge on any atom is -0.493 e. The number of amides is 2. The summed E-state index contributed by atoms with van der Waals surface area (Å²) in [6.07, 6.45) is 0.118. The van der Waals surface area contributed by atoms with Gasteiger partial charge in [0, 0.05) is 22.2 Å². The molecule has 0 saturated heterocycles. The first kappa shape index (κ1) is 22.2. The lowest BCUT2D eigenvalue weighted by Crippen LogP contribution is -2.18. The number of benzene rings is 3. The lowest BCUT2D eigenvalue weighted by atomic mass is 10.1. The van der Waals surface area contributed by atoms with Crippen molar-refractivity contribution in [3.63, 3.8) is 0 Å². The third-order valence-corrected chi connectivity index (χ3v) is 5.24. The molecule has 0 aliphatic carbocycles. The predicted octanol–water partition coefficient (Wildman–Crippen LogP) is 5.54. The number of halogens is 1. The van der Waals surface area contributed by atoms with Crippen molar-refractivity contribution in [2.75, 3.05) is 24.9 Å². The molecule has 8 heteroatoms. The molecule has 0 atom stereocenters. The lowest BCUT2D eigenvalue weighted by Gasteiger charge is -2.11. The topological polar surface area (TPSA) is 89.8 Å². The van der Waals surface area contributed by atoms with Gasteiger partial charge < -0.3 is 24.5 Å². The van der Waals surface area contributed by atoms with Gasteiger partial charge >= 0.3 is 0 Å². The highest BCUT2D eigenvalue weighted by Gasteiger charge is 2.23. The second-order valence-electron chi connectivity index (χ2n) is 7.18. The van der Waals surface area contributed by atoms with E-state index in [1.165, 1.54) is 14.2 Å². The monoisotopic (exact) mass is 464 g/mol. The van der Waals surface area contributed by atoms with E-state index in [0.717, 1.165) is 5.56 Å². The molecule has 2 amide bonds.